The Morgan fingerprint density at radius 1 is 1.11 bits per heavy atom. The number of hydrogen-bond acceptors (Lipinski definition) is 4. The number of nitrogens with two attached hydrogens (primary N) is 1. The Labute approximate surface area is 161 Å². The van der Waals surface area contributed by atoms with E-state index in [1.54, 1.807) is 0 Å². The average molecular weight is 364 g/mol. The van der Waals surface area contributed by atoms with Gasteiger partial charge in [-0.2, -0.15) is 5.26 Å². The quantitative estimate of drug-likeness (QED) is 0.584. The summed E-state index contributed by atoms with van der Waals surface area (Å²) in [7, 11) is 0. The monoisotopic (exact) mass is 364 g/mol. The number of allylic oxidation sites excluding steroid dienone is 1. The molecule has 5 nitrogen and oxygen atoms in total. The molecule has 1 atom stereocenters. The molecular weight excluding hydrogens is 336 g/mol. The Morgan fingerprint density at radius 3 is 2.52 bits per heavy atom. The molecule has 27 heavy (non-hydrogen) atoms. The number of unbranched alkanes of at least 4 members (excludes halogenated alkanes) is 6. The first-order valence-electron chi connectivity index (χ1n) is 9.97. The first-order chi connectivity index (χ1) is 13.3. The van der Waals surface area contributed by atoms with E-state index in [0.717, 1.165) is 29.7 Å². The Hall–Kier alpha value is -2.74. The van der Waals surface area contributed by atoms with E-state index in [0.29, 0.717) is 11.5 Å². The van der Waals surface area contributed by atoms with Crippen molar-refractivity contribution < 1.29 is 4.74 Å². The van der Waals surface area contributed by atoms with Crippen molar-refractivity contribution in [3.63, 3.8) is 0 Å². The number of nitrogens with one attached hydrogen (secondary N) is 1. The van der Waals surface area contributed by atoms with Crippen LogP contribution in [0.5, 0.6) is 5.88 Å². The van der Waals surface area contributed by atoms with Gasteiger partial charge in [0.05, 0.1) is 16.8 Å². The maximum atomic E-state index is 9.66. The van der Waals surface area contributed by atoms with Gasteiger partial charge in [-0.15, -0.1) is 5.10 Å². The highest BCUT2D eigenvalue weighted by molar-refractivity contribution is 5.68. The zero-order chi connectivity index (χ0) is 19.1. The fraction of sp³-hybridized carbons (Fsp3) is 0.455. The largest absolute Gasteiger partial charge is 0.420 e. The van der Waals surface area contributed by atoms with Crippen molar-refractivity contribution in [2.45, 2.75) is 64.2 Å². The van der Waals surface area contributed by atoms with Crippen molar-refractivity contribution in [1.82, 2.24) is 10.2 Å². The van der Waals surface area contributed by atoms with Crippen LogP contribution in [0, 0.1) is 11.3 Å². The van der Waals surface area contributed by atoms with E-state index in [9.17, 15) is 5.26 Å². The van der Waals surface area contributed by atoms with E-state index in [1.165, 1.54) is 38.5 Å². The van der Waals surface area contributed by atoms with Crippen molar-refractivity contribution in [1.29, 1.82) is 5.26 Å². The standard InChI is InChI=1S/C22H28N4O/c1-2-3-4-5-6-7-11-14-17-18(15-23)21(24)27-22-19(17)20(25-26-22)16-12-9-8-10-13-16/h8-10,12-13,17H,2-7,11,14,24H2,1H3,(H,25,26)/t17-/m1/s1. The maximum Gasteiger partial charge on any atom is 0.244 e. The summed E-state index contributed by atoms with van der Waals surface area (Å²) in [6.45, 7) is 2.23. The van der Waals surface area contributed by atoms with Crippen LogP contribution >= 0.6 is 0 Å². The highest BCUT2D eigenvalue weighted by Gasteiger charge is 2.33. The third-order valence-corrected chi connectivity index (χ3v) is 5.22. The van der Waals surface area contributed by atoms with Gasteiger partial charge in [0.1, 0.15) is 6.07 Å². The van der Waals surface area contributed by atoms with E-state index in [4.69, 9.17) is 10.5 Å². The van der Waals surface area contributed by atoms with Gasteiger partial charge in [-0.1, -0.05) is 82.2 Å². The van der Waals surface area contributed by atoms with Crippen LogP contribution in [0.15, 0.2) is 41.8 Å². The molecule has 142 valence electrons. The first-order valence-corrected chi connectivity index (χ1v) is 9.97. The second-order valence-corrected chi connectivity index (χ2v) is 7.14. The Bertz CT molecular complexity index is 817. The molecular formula is C22H28N4O. The summed E-state index contributed by atoms with van der Waals surface area (Å²) < 4.78 is 5.63. The van der Waals surface area contributed by atoms with E-state index < -0.39 is 0 Å². The van der Waals surface area contributed by atoms with Gasteiger partial charge in [0.15, 0.2) is 0 Å². The molecule has 0 spiro atoms. The number of hydrogen-bond donors (Lipinski definition) is 2. The van der Waals surface area contributed by atoms with Crippen LogP contribution in [0.4, 0.5) is 0 Å². The van der Waals surface area contributed by atoms with Gasteiger partial charge in [-0.3, -0.25) is 5.10 Å². The third kappa shape index (κ3) is 4.33. The number of rotatable bonds is 9. The van der Waals surface area contributed by atoms with E-state index in [2.05, 4.69) is 23.2 Å². The number of nitrogens with zero attached hydrogens (tertiary/aromatic N) is 2. The number of nitriles is 1. The van der Waals surface area contributed by atoms with Crippen LogP contribution in [0.3, 0.4) is 0 Å². The normalized spacial score (nSPS) is 15.9. The summed E-state index contributed by atoms with van der Waals surface area (Å²) in [5.41, 5.74) is 9.44. The van der Waals surface area contributed by atoms with Crippen LogP contribution in [0.2, 0.25) is 0 Å². The van der Waals surface area contributed by atoms with E-state index >= 15 is 0 Å². The number of aromatic amines is 1. The lowest BCUT2D eigenvalue weighted by Gasteiger charge is -2.23. The minimum absolute atomic E-state index is 0.0663. The molecule has 1 aromatic heterocycles. The minimum Gasteiger partial charge on any atom is -0.420 e. The summed E-state index contributed by atoms with van der Waals surface area (Å²) in [5, 5.41) is 17.1. The van der Waals surface area contributed by atoms with Crippen LogP contribution in [-0.2, 0) is 0 Å². The van der Waals surface area contributed by atoms with Gasteiger partial charge in [-0.05, 0) is 12.0 Å². The Morgan fingerprint density at radius 2 is 1.81 bits per heavy atom. The van der Waals surface area contributed by atoms with Crippen LogP contribution < -0.4 is 10.5 Å². The number of fused-ring (bicyclic) bond motifs is 1. The Kier molecular flexibility index (Phi) is 6.54. The molecule has 0 aliphatic carbocycles. The summed E-state index contributed by atoms with van der Waals surface area (Å²) in [4.78, 5) is 0. The predicted octanol–water partition coefficient (Wildman–Crippen LogP) is 5.39. The zero-order valence-corrected chi connectivity index (χ0v) is 16.0. The third-order valence-electron chi connectivity index (χ3n) is 5.22. The molecule has 0 saturated carbocycles. The fourth-order valence-corrected chi connectivity index (χ4v) is 3.76. The van der Waals surface area contributed by atoms with Crippen LogP contribution in [-0.4, -0.2) is 10.2 Å². The number of benzene rings is 1. The molecule has 0 fully saturated rings. The number of H-pyrrole nitrogens is 1. The number of aromatic nitrogens is 2. The number of ether oxygens (including phenoxy) is 1. The topological polar surface area (TPSA) is 87.7 Å². The molecule has 5 heteroatoms. The second-order valence-electron chi connectivity index (χ2n) is 7.14. The van der Waals surface area contributed by atoms with Gasteiger partial charge in [0.2, 0.25) is 11.8 Å². The highest BCUT2D eigenvalue weighted by Crippen LogP contribution is 2.44. The molecule has 0 radical (unpaired) electrons. The van der Waals surface area contributed by atoms with Gasteiger partial charge in [0, 0.05) is 5.92 Å². The van der Waals surface area contributed by atoms with Crippen molar-refractivity contribution in [3.8, 4) is 23.2 Å². The molecule has 1 aliphatic heterocycles. The van der Waals surface area contributed by atoms with Crippen molar-refractivity contribution in [2.75, 3.05) is 0 Å². The molecule has 2 heterocycles. The molecule has 3 rings (SSSR count). The van der Waals surface area contributed by atoms with Crippen LogP contribution in [0.25, 0.3) is 11.3 Å². The van der Waals surface area contributed by atoms with Gasteiger partial charge < -0.3 is 10.5 Å². The SMILES string of the molecule is CCCCCCCCC[C@@H]1C(C#N)=C(N)Oc2n[nH]c(-c3ccccc3)c21. The van der Waals surface area contributed by atoms with Crippen molar-refractivity contribution >= 4 is 0 Å². The van der Waals surface area contributed by atoms with Gasteiger partial charge in [0.25, 0.3) is 0 Å². The summed E-state index contributed by atoms with van der Waals surface area (Å²) in [6.07, 6.45) is 9.55. The molecule has 1 aromatic carbocycles. The predicted molar refractivity (Wildman–Crippen MR) is 107 cm³/mol. The summed E-state index contributed by atoms with van der Waals surface area (Å²) in [6, 6.07) is 12.3. The lowest BCUT2D eigenvalue weighted by molar-refractivity contribution is 0.369. The smallest absolute Gasteiger partial charge is 0.244 e. The summed E-state index contributed by atoms with van der Waals surface area (Å²) >= 11 is 0. The van der Waals surface area contributed by atoms with E-state index in [1.807, 2.05) is 30.3 Å². The van der Waals surface area contributed by atoms with Gasteiger partial charge in [-0.25, -0.2) is 0 Å². The molecule has 1 aliphatic rings. The highest BCUT2D eigenvalue weighted by atomic mass is 16.5. The Balaban J connectivity index is 1.76. The van der Waals surface area contributed by atoms with Gasteiger partial charge >= 0.3 is 0 Å². The van der Waals surface area contributed by atoms with Crippen molar-refractivity contribution in [3.05, 3.63) is 47.4 Å². The second kappa shape index (κ2) is 9.27. The zero-order valence-electron chi connectivity index (χ0n) is 16.0. The molecule has 0 amide bonds. The summed E-state index contributed by atoms with van der Waals surface area (Å²) in [5.74, 6) is 0.616. The molecule has 0 unspecified atom stereocenters. The minimum atomic E-state index is -0.0663. The lowest BCUT2D eigenvalue weighted by atomic mass is 9.84. The average Bonchev–Trinajstić information content (AvgIpc) is 3.11. The molecule has 3 N–H and O–H groups in total. The lowest BCUT2D eigenvalue weighted by Crippen LogP contribution is -2.20. The van der Waals surface area contributed by atoms with E-state index in [-0.39, 0.29) is 11.8 Å². The van der Waals surface area contributed by atoms with Crippen molar-refractivity contribution in [2.24, 2.45) is 5.73 Å². The molecule has 0 saturated heterocycles. The molecule has 2 aromatic rings. The fourth-order valence-electron chi connectivity index (χ4n) is 3.76. The maximum absolute atomic E-state index is 9.66. The first kappa shape index (κ1) is 19.0. The van der Waals surface area contributed by atoms with Crippen LogP contribution in [0.1, 0.15) is 69.8 Å². The molecule has 0 bridgehead atoms.